The van der Waals surface area contributed by atoms with Gasteiger partial charge in [0.2, 0.25) is 0 Å². The summed E-state index contributed by atoms with van der Waals surface area (Å²) in [5.74, 6) is -2.27. The first-order chi connectivity index (χ1) is 14.5. The van der Waals surface area contributed by atoms with Crippen LogP contribution in [-0.2, 0) is 16.0 Å². The van der Waals surface area contributed by atoms with Crippen LogP contribution in [0.25, 0.3) is 0 Å². The molecule has 0 aliphatic carbocycles. The largest absolute Gasteiger partial charge is 0.490 e. The van der Waals surface area contributed by atoms with Gasteiger partial charge in [-0.2, -0.15) is 13.2 Å². The summed E-state index contributed by atoms with van der Waals surface area (Å²) < 4.78 is 66.4. The van der Waals surface area contributed by atoms with E-state index in [4.69, 9.17) is 0 Å². The van der Waals surface area contributed by atoms with Gasteiger partial charge in [0.15, 0.2) is 6.23 Å². The van der Waals surface area contributed by atoms with E-state index in [0.29, 0.717) is 17.8 Å². The number of nitrogens with zero attached hydrogens (tertiary/aromatic N) is 2. The van der Waals surface area contributed by atoms with Gasteiger partial charge >= 0.3 is 12.1 Å². The van der Waals surface area contributed by atoms with E-state index in [9.17, 15) is 27.1 Å². The molecule has 0 bridgehead atoms. The molecule has 1 aliphatic rings. The van der Waals surface area contributed by atoms with Crippen LogP contribution in [0, 0.1) is 0 Å². The van der Waals surface area contributed by atoms with Gasteiger partial charge in [-0.15, -0.1) is 10.8 Å². The Morgan fingerprint density at radius 1 is 1.16 bits per heavy atom. The molecule has 0 saturated carbocycles. The van der Waals surface area contributed by atoms with E-state index in [2.05, 4.69) is 4.74 Å². The molecular weight excluding hydrogens is 433 g/mol. The van der Waals surface area contributed by atoms with E-state index in [1.54, 1.807) is 30.3 Å². The highest BCUT2D eigenvalue weighted by atomic mass is 32.3. The van der Waals surface area contributed by atoms with Crippen LogP contribution in [0.1, 0.15) is 18.4 Å². The minimum absolute atomic E-state index is 0.0140. The van der Waals surface area contributed by atoms with Crippen LogP contribution >= 0.6 is 10.8 Å². The molecule has 2 atom stereocenters. The average Bonchev–Trinajstić information content (AvgIpc) is 2.70. The number of para-hydroxylation sites is 2. The van der Waals surface area contributed by atoms with Gasteiger partial charge in [-0.25, -0.2) is 9.10 Å². The lowest BCUT2D eigenvalue weighted by Gasteiger charge is -2.53. The lowest BCUT2D eigenvalue weighted by atomic mass is 10.0. The van der Waals surface area contributed by atoms with Crippen LogP contribution in [0.5, 0.6) is 0 Å². The number of carbonyl (C=O) groups excluding carboxylic acids is 1. The molecule has 1 aliphatic heterocycles. The van der Waals surface area contributed by atoms with Crippen LogP contribution in [-0.4, -0.2) is 51.7 Å². The summed E-state index contributed by atoms with van der Waals surface area (Å²) in [5.41, 5.74) is 2.18. The molecule has 0 amide bonds. The van der Waals surface area contributed by atoms with Gasteiger partial charge in [0, 0.05) is 6.42 Å². The molecule has 2 aromatic rings. The van der Waals surface area contributed by atoms with Crippen LogP contribution in [0.3, 0.4) is 0 Å². The number of hydrogen-bond acceptors (Lipinski definition) is 6. The molecule has 2 aromatic carbocycles. The highest BCUT2D eigenvalue weighted by molar-refractivity contribution is 8.26. The molecule has 0 aromatic heterocycles. The lowest BCUT2D eigenvalue weighted by molar-refractivity contribution is -0.211. The third kappa shape index (κ3) is 5.15. The number of anilines is 2. The summed E-state index contributed by atoms with van der Waals surface area (Å²) >= 11 is 0. The smallest absolute Gasteiger partial charge is 0.440 e. The minimum atomic E-state index is -5.09. The molecule has 6 nitrogen and oxygen atoms in total. The predicted octanol–water partition coefficient (Wildman–Crippen LogP) is 5.19. The number of hydrogen-bond donors (Lipinski definition) is 2. The third-order valence-corrected chi connectivity index (χ3v) is 7.39. The molecule has 0 saturated heterocycles. The van der Waals surface area contributed by atoms with Gasteiger partial charge in [-0.05, 0) is 50.7 Å². The van der Waals surface area contributed by atoms with Crippen LogP contribution in [0.2, 0.25) is 0 Å². The van der Waals surface area contributed by atoms with E-state index in [1.165, 1.54) is 23.3 Å². The number of benzene rings is 2. The monoisotopic (exact) mass is 458 g/mol. The molecule has 2 unspecified atom stereocenters. The Hall–Kier alpha value is -2.27. The maximum Gasteiger partial charge on any atom is 0.490 e. The highest BCUT2D eigenvalue weighted by Crippen LogP contribution is 2.60. The Balaban J connectivity index is 1.85. The van der Waals surface area contributed by atoms with Gasteiger partial charge < -0.3 is 4.74 Å². The van der Waals surface area contributed by atoms with Crippen LogP contribution in [0.15, 0.2) is 54.6 Å². The fraction of sp³-hybridized carbons (Fsp3) is 0.381. The molecule has 3 rings (SSSR count). The summed E-state index contributed by atoms with van der Waals surface area (Å²) in [6.45, 7) is 0. The molecule has 0 fully saturated rings. The van der Waals surface area contributed by atoms with E-state index in [1.807, 2.05) is 24.3 Å². The fourth-order valence-electron chi connectivity index (χ4n) is 3.59. The second-order valence-electron chi connectivity index (χ2n) is 7.54. The standard InChI is InChI=1S/C21H25F3N2O4S/c1-25(2)19(30-20(27)21(22,23)24)13-12-17-14-15-8-6-7-11-18(15)26(31(17,28)29)16-9-4-3-5-10-16/h3-11,17,19,28-29H,12-14H2,1-2H3. The van der Waals surface area contributed by atoms with Gasteiger partial charge in [0.25, 0.3) is 0 Å². The van der Waals surface area contributed by atoms with Crippen molar-refractivity contribution in [3.8, 4) is 0 Å². The summed E-state index contributed by atoms with van der Waals surface area (Å²) in [6.07, 6.45) is -5.74. The number of fused-ring (bicyclic) bond motifs is 1. The summed E-state index contributed by atoms with van der Waals surface area (Å²) in [5, 5.41) is -0.658. The van der Waals surface area contributed by atoms with Crippen molar-refractivity contribution >= 4 is 28.1 Å². The molecule has 31 heavy (non-hydrogen) atoms. The van der Waals surface area contributed by atoms with Crippen molar-refractivity contribution in [2.75, 3.05) is 18.4 Å². The van der Waals surface area contributed by atoms with E-state index in [-0.39, 0.29) is 12.8 Å². The molecule has 10 heteroatoms. The maximum absolute atomic E-state index is 12.6. The molecule has 0 radical (unpaired) electrons. The van der Waals surface area contributed by atoms with Crippen molar-refractivity contribution in [1.82, 2.24) is 4.90 Å². The van der Waals surface area contributed by atoms with Gasteiger partial charge in [-0.3, -0.25) is 14.0 Å². The molecule has 1 heterocycles. The van der Waals surface area contributed by atoms with Gasteiger partial charge in [-0.1, -0.05) is 36.4 Å². The van der Waals surface area contributed by atoms with E-state index >= 15 is 0 Å². The minimum Gasteiger partial charge on any atom is -0.440 e. The second-order valence-corrected chi connectivity index (χ2v) is 9.70. The van der Waals surface area contributed by atoms with E-state index in [0.717, 1.165) is 5.56 Å². The quantitative estimate of drug-likeness (QED) is 0.459. The number of carbonyl (C=O) groups is 1. The Bertz CT molecular complexity index is 909. The van der Waals surface area contributed by atoms with Crippen molar-refractivity contribution in [2.24, 2.45) is 0 Å². The first kappa shape index (κ1) is 23.4. The Kier molecular flexibility index (Phi) is 6.85. The topological polar surface area (TPSA) is 73.2 Å². The van der Waals surface area contributed by atoms with Crippen molar-refractivity contribution in [3.05, 3.63) is 60.2 Å². The maximum atomic E-state index is 12.6. The number of alkyl halides is 3. The zero-order valence-corrected chi connectivity index (χ0v) is 17.9. The van der Waals surface area contributed by atoms with Crippen molar-refractivity contribution in [3.63, 3.8) is 0 Å². The van der Waals surface area contributed by atoms with E-state index < -0.39 is 34.4 Å². The molecule has 170 valence electrons. The lowest BCUT2D eigenvalue weighted by Crippen LogP contribution is -2.41. The molecular formula is C21H25F3N2O4S. The summed E-state index contributed by atoms with van der Waals surface area (Å²) in [7, 11) is -0.359. The van der Waals surface area contributed by atoms with Crippen LogP contribution in [0.4, 0.5) is 24.5 Å². The summed E-state index contributed by atoms with van der Waals surface area (Å²) in [4.78, 5) is 12.6. The molecule has 2 N–H and O–H groups in total. The second kappa shape index (κ2) is 9.07. The number of esters is 1. The van der Waals surface area contributed by atoms with Crippen molar-refractivity contribution in [2.45, 2.75) is 36.9 Å². The third-order valence-electron chi connectivity index (χ3n) is 5.15. The Morgan fingerprint density at radius 2 is 1.77 bits per heavy atom. The Morgan fingerprint density at radius 3 is 2.39 bits per heavy atom. The SMILES string of the molecule is CN(C)C(CCC1Cc2ccccc2N(c2ccccc2)S1(O)O)OC(=O)C(F)(F)F. The summed E-state index contributed by atoms with van der Waals surface area (Å²) in [6, 6.07) is 16.3. The zero-order valence-electron chi connectivity index (χ0n) is 17.1. The first-order valence-electron chi connectivity index (χ1n) is 9.66. The van der Waals surface area contributed by atoms with Crippen LogP contribution < -0.4 is 4.31 Å². The van der Waals surface area contributed by atoms with Gasteiger partial charge in [0.05, 0.1) is 16.6 Å². The first-order valence-corrected chi connectivity index (χ1v) is 11.2. The predicted molar refractivity (Wildman–Crippen MR) is 114 cm³/mol. The average molecular weight is 459 g/mol. The zero-order chi connectivity index (χ0) is 22.8. The fourth-order valence-corrected chi connectivity index (χ4v) is 5.64. The van der Waals surface area contributed by atoms with Crippen molar-refractivity contribution < 1.29 is 31.8 Å². The van der Waals surface area contributed by atoms with Gasteiger partial charge in [0.1, 0.15) is 0 Å². The normalized spacial score (nSPS) is 20.1. The number of halogens is 3. The molecule has 0 spiro atoms. The number of ether oxygens (including phenoxy) is 1. The van der Waals surface area contributed by atoms with Crippen molar-refractivity contribution in [1.29, 1.82) is 0 Å². The highest BCUT2D eigenvalue weighted by Gasteiger charge is 2.43. The Labute approximate surface area is 180 Å². The number of rotatable bonds is 6.